The van der Waals surface area contributed by atoms with Gasteiger partial charge in [-0.25, -0.2) is 0 Å². The van der Waals surface area contributed by atoms with Crippen molar-refractivity contribution in [2.75, 3.05) is 12.8 Å². The molecular formula is C12H17NS. The zero-order chi connectivity index (χ0) is 9.97. The van der Waals surface area contributed by atoms with E-state index >= 15 is 0 Å². The van der Waals surface area contributed by atoms with Gasteiger partial charge in [-0.15, -0.1) is 11.8 Å². The Labute approximate surface area is 90.3 Å². The summed E-state index contributed by atoms with van der Waals surface area (Å²) in [5.41, 5.74) is 1.49. The third-order valence-corrected chi connectivity index (χ3v) is 3.68. The topological polar surface area (TPSA) is 12.0 Å². The van der Waals surface area contributed by atoms with Gasteiger partial charge in [0.15, 0.2) is 0 Å². The SMILES string of the molecule is CSc1ccc(C2CNC(C)C2)cc1. The van der Waals surface area contributed by atoms with Crippen molar-refractivity contribution in [2.24, 2.45) is 0 Å². The normalized spacial score (nSPS) is 26.7. The van der Waals surface area contributed by atoms with E-state index < -0.39 is 0 Å². The molecule has 0 aromatic heterocycles. The predicted molar refractivity (Wildman–Crippen MR) is 63.0 cm³/mol. The lowest BCUT2D eigenvalue weighted by Gasteiger charge is -2.09. The van der Waals surface area contributed by atoms with E-state index in [0.29, 0.717) is 6.04 Å². The van der Waals surface area contributed by atoms with Crippen LogP contribution in [0.3, 0.4) is 0 Å². The van der Waals surface area contributed by atoms with Gasteiger partial charge in [-0.3, -0.25) is 0 Å². The van der Waals surface area contributed by atoms with Gasteiger partial charge in [0.1, 0.15) is 0 Å². The number of thioether (sulfide) groups is 1. The molecule has 1 heterocycles. The second-order valence-corrected chi connectivity index (χ2v) is 4.89. The van der Waals surface area contributed by atoms with Gasteiger partial charge in [-0.1, -0.05) is 12.1 Å². The number of hydrogen-bond donors (Lipinski definition) is 1. The van der Waals surface area contributed by atoms with Crippen LogP contribution in [0.1, 0.15) is 24.8 Å². The third kappa shape index (κ3) is 2.12. The highest BCUT2D eigenvalue weighted by Crippen LogP contribution is 2.26. The van der Waals surface area contributed by atoms with Gasteiger partial charge in [0.25, 0.3) is 0 Å². The van der Waals surface area contributed by atoms with Gasteiger partial charge in [0.05, 0.1) is 0 Å². The Kier molecular flexibility index (Phi) is 3.14. The minimum Gasteiger partial charge on any atom is -0.314 e. The Balaban J connectivity index is 2.09. The van der Waals surface area contributed by atoms with Gasteiger partial charge in [-0.2, -0.15) is 0 Å². The van der Waals surface area contributed by atoms with Crippen LogP contribution in [-0.4, -0.2) is 18.8 Å². The maximum absolute atomic E-state index is 3.49. The molecular weight excluding hydrogens is 190 g/mol. The van der Waals surface area contributed by atoms with E-state index in [0.717, 1.165) is 12.5 Å². The molecule has 1 aromatic carbocycles. The molecule has 1 aliphatic rings. The molecule has 0 aliphatic carbocycles. The van der Waals surface area contributed by atoms with Crippen LogP contribution in [-0.2, 0) is 0 Å². The third-order valence-electron chi connectivity index (χ3n) is 2.94. The maximum Gasteiger partial charge on any atom is 0.00693 e. The van der Waals surface area contributed by atoms with Gasteiger partial charge in [0.2, 0.25) is 0 Å². The second-order valence-electron chi connectivity index (χ2n) is 4.02. The predicted octanol–water partition coefficient (Wildman–Crippen LogP) is 2.87. The highest BCUT2D eigenvalue weighted by molar-refractivity contribution is 7.98. The largest absolute Gasteiger partial charge is 0.314 e. The summed E-state index contributed by atoms with van der Waals surface area (Å²) < 4.78 is 0. The molecule has 0 saturated carbocycles. The Morgan fingerprint density at radius 3 is 2.50 bits per heavy atom. The molecule has 0 amide bonds. The average Bonchev–Trinajstić information content (AvgIpc) is 2.65. The molecule has 1 aromatic rings. The maximum atomic E-state index is 3.49. The number of rotatable bonds is 2. The Morgan fingerprint density at radius 2 is 2.00 bits per heavy atom. The molecule has 1 N–H and O–H groups in total. The summed E-state index contributed by atoms with van der Waals surface area (Å²) in [6.45, 7) is 3.40. The van der Waals surface area contributed by atoms with Crippen molar-refractivity contribution in [3.8, 4) is 0 Å². The van der Waals surface area contributed by atoms with Crippen LogP contribution in [0.2, 0.25) is 0 Å². The van der Waals surface area contributed by atoms with E-state index in [2.05, 4.69) is 42.8 Å². The first kappa shape index (κ1) is 10.1. The molecule has 2 atom stereocenters. The molecule has 1 fully saturated rings. The molecule has 2 unspecified atom stereocenters. The Morgan fingerprint density at radius 1 is 1.29 bits per heavy atom. The molecule has 2 heteroatoms. The molecule has 14 heavy (non-hydrogen) atoms. The summed E-state index contributed by atoms with van der Waals surface area (Å²) in [5, 5.41) is 3.49. The van der Waals surface area contributed by atoms with Crippen molar-refractivity contribution in [1.82, 2.24) is 5.32 Å². The van der Waals surface area contributed by atoms with E-state index in [1.54, 1.807) is 11.8 Å². The smallest absolute Gasteiger partial charge is 0.00693 e. The molecule has 0 radical (unpaired) electrons. The zero-order valence-corrected chi connectivity index (χ0v) is 9.60. The fraction of sp³-hybridized carbons (Fsp3) is 0.500. The van der Waals surface area contributed by atoms with E-state index in [1.807, 2.05) is 0 Å². The standard InChI is InChI=1S/C12H17NS/c1-9-7-11(8-13-9)10-3-5-12(14-2)6-4-10/h3-6,9,11,13H,7-8H2,1-2H3. The van der Waals surface area contributed by atoms with Crippen LogP contribution >= 0.6 is 11.8 Å². The molecule has 76 valence electrons. The van der Waals surface area contributed by atoms with Crippen molar-refractivity contribution in [1.29, 1.82) is 0 Å². The minimum absolute atomic E-state index is 0.681. The summed E-state index contributed by atoms with van der Waals surface area (Å²) in [4.78, 5) is 1.35. The first-order valence-corrected chi connectivity index (χ1v) is 6.39. The van der Waals surface area contributed by atoms with Crippen LogP contribution < -0.4 is 5.32 Å². The van der Waals surface area contributed by atoms with E-state index in [9.17, 15) is 0 Å². The highest BCUT2D eigenvalue weighted by Gasteiger charge is 2.21. The lowest BCUT2D eigenvalue weighted by Crippen LogP contribution is -2.16. The zero-order valence-electron chi connectivity index (χ0n) is 8.79. The molecule has 1 nitrogen and oxygen atoms in total. The van der Waals surface area contributed by atoms with E-state index in [1.165, 1.54) is 16.9 Å². The fourth-order valence-corrected chi connectivity index (χ4v) is 2.48. The quantitative estimate of drug-likeness (QED) is 0.748. The first-order valence-electron chi connectivity index (χ1n) is 5.17. The molecule has 1 saturated heterocycles. The molecule has 0 bridgehead atoms. The van der Waals surface area contributed by atoms with E-state index in [-0.39, 0.29) is 0 Å². The Bertz CT molecular complexity index is 294. The molecule has 1 aliphatic heterocycles. The van der Waals surface area contributed by atoms with Crippen LogP contribution in [0, 0.1) is 0 Å². The molecule has 0 spiro atoms. The van der Waals surface area contributed by atoms with Crippen LogP contribution in [0.15, 0.2) is 29.2 Å². The van der Waals surface area contributed by atoms with Crippen molar-refractivity contribution >= 4 is 11.8 Å². The van der Waals surface area contributed by atoms with Crippen LogP contribution in [0.4, 0.5) is 0 Å². The van der Waals surface area contributed by atoms with Crippen molar-refractivity contribution in [3.05, 3.63) is 29.8 Å². The minimum atomic E-state index is 0.681. The summed E-state index contributed by atoms with van der Waals surface area (Å²) in [6.07, 6.45) is 3.40. The monoisotopic (exact) mass is 207 g/mol. The highest BCUT2D eigenvalue weighted by atomic mass is 32.2. The van der Waals surface area contributed by atoms with Crippen LogP contribution in [0.25, 0.3) is 0 Å². The lowest BCUT2D eigenvalue weighted by atomic mass is 9.97. The van der Waals surface area contributed by atoms with Crippen molar-refractivity contribution < 1.29 is 0 Å². The first-order chi connectivity index (χ1) is 6.79. The van der Waals surface area contributed by atoms with Gasteiger partial charge in [0, 0.05) is 17.5 Å². The Hall–Kier alpha value is -0.470. The van der Waals surface area contributed by atoms with Gasteiger partial charge in [-0.05, 0) is 43.2 Å². The van der Waals surface area contributed by atoms with Gasteiger partial charge >= 0.3 is 0 Å². The van der Waals surface area contributed by atoms with Crippen molar-refractivity contribution in [3.63, 3.8) is 0 Å². The lowest BCUT2D eigenvalue weighted by molar-refractivity contribution is 0.658. The number of benzene rings is 1. The van der Waals surface area contributed by atoms with Gasteiger partial charge < -0.3 is 5.32 Å². The van der Waals surface area contributed by atoms with Crippen LogP contribution in [0.5, 0.6) is 0 Å². The number of hydrogen-bond acceptors (Lipinski definition) is 2. The second kappa shape index (κ2) is 4.37. The number of nitrogens with one attached hydrogen (secondary N) is 1. The molecule has 2 rings (SSSR count). The summed E-state index contributed by atoms with van der Waals surface area (Å²) in [7, 11) is 0. The fourth-order valence-electron chi connectivity index (χ4n) is 2.07. The summed E-state index contributed by atoms with van der Waals surface area (Å²) in [6, 6.07) is 9.68. The summed E-state index contributed by atoms with van der Waals surface area (Å²) >= 11 is 1.80. The van der Waals surface area contributed by atoms with E-state index in [4.69, 9.17) is 0 Å². The average molecular weight is 207 g/mol. The summed E-state index contributed by atoms with van der Waals surface area (Å²) in [5.74, 6) is 0.723. The van der Waals surface area contributed by atoms with Crippen molar-refractivity contribution in [2.45, 2.75) is 30.2 Å².